The van der Waals surface area contributed by atoms with Crippen molar-refractivity contribution in [1.29, 1.82) is 0 Å². The van der Waals surface area contributed by atoms with Gasteiger partial charge in [0.15, 0.2) is 11.6 Å². The lowest BCUT2D eigenvalue weighted by atomic mass is 10.2. The molecule has 0 saturated heterocycles. The molecule has 0 radical (unpaired) electrons. The minimum absolute atomic E-state index is 0.170. The van der Waals surface area contributed by atoms with E-state index >= 15 is 0 Å². The molecule has 0 bridgehead atoms. The molecule has 6 heteroatoms. The zero-order valence-corrected chi connectivity index (χ0v) is 11.5. The number of rotatable bonds is 3. The van der Waals surface area contributed by atoms with E-state index in [1.54, 1.807) is 25.1 Å². The first-order valence-electron chi connectivity index (χ1n) is 5.59. The molecule has 0 unspecified atom stereocenters. The SMILES string of the molecule is COc1cc(-c2nc(C)c(C(C)=O)n2O)ccc1Cl. The molecule has 1 aromatic carbocycles. The van der Waals surface area contributed by atoms with Gasteiger partial charge in [0.05, 0.1) is 17.8 Å². The number of carbonyl (C=O) groups is 1. The first-order chi connectivity index (χ1) is 8.95. The van der Waals surface area contributed by atoms with Crippen LogP contribution < -0.4 is 4.74 Å². The number of hydrogen-bond donors (Lipinski definition) is 1. The van der Waals surface area contributed by atoms with Crippen molar-refractivity contribution in [3.63, 3.8) is 0 Å². The van der Waals surface area contributed by atoms with Crippen LogP contribution in [0.5, 0.6) is 5.75 Å². The molecule has 0 aliphatic carbocycles. The quantitative estimate of drug-likeness (QED) is 0.693. The summed E-state index contributed by atoms with van der Waals surface area (Å²) in [6, 6.07) is 5.00. The van der Waals surface area contributed by atoms with Crippen LogP contribution in [-0.4, -0.2) is 27.8 Å². The highest BCUT2D eigenvalue weighted by Crippen LogP contribution is 2.30. The Morgan fingerprint density at radius 1 is 1.47 bits per heavy atom. The largest absolute Gasteiger partial charge is 0.495 e. The van der Waals surface area contributed by atoms with E-state index in [0.29, 0.717) is 22.0 Å². The molecule has 0 amide bonds. The number of ketones is 1. The summed E-state index contributed by atoms with van der Waals surface area (Å²) in [5, 5.41) is 10.5. The Morgan fingerprint density at radius 3 is 2.68 bits per heavy atom. The lowest BCUT2D eigenvalue weighted by molar-refractivity contribution is 0.0965. The van der Waals surface area contributed by atoms with Crippen LogP contribution in [0.2, 0.25) is 5.02 Å². The second kappa shape index (κ2) is 4.93. The molecule has 0 aliphatic rings. The Kier molecular flexibility index (Phi) is 3.48. The molecule has 2 aromatic rings. The van der Waals surface area contributed by atoms with Gasteiger partial charge < -0.3 is 9.94 Å². The number of aryl methyl sites for hydroxylation is 1. The fourth-order valence-electron chi connectivity index (χ4n) is 1.91. The molecule has 19 heavy (non-hydrogen) atoms. The monoisotopic (exact) mass is 280 g/mol. The zero-order chi connectivity index (χ0) is 14.2. The van der Waals surface area contributed by atoms with Gasteiger partial charge in [0.2, 0.25) is 0 Å². The Balaban J connectivity index is 2.60. The highest BCUT2D eigenvalue weighted by atomic mass is 35.5. The van der Waals surface area contributed by atoms with Crippen molar-refractivity contribution in [2.24, 2.45) is 0 Å². The molecule has 0 fully saturated rings. The second-order valence-electron chi connectivity index (χ2n) is 4.09. The third-order valence-electron chi connectivity index (χ3n) is 2.77. The van der Waals surface area contributed by atoms with E-state index in [4.69, 9.17) is 16.3 Å². The van der Waals surface area contributed by atoms with Crippen molar-refractivity contribution >= 4 is 17.4 Å². The maximum Gasteiger partial charge on any atom is 0.181 e. The molecule has 0 saturated carbocycles. The van der Waals surface area contributed by atoms with Crippen molar-refractivity contribution in [2.45, 2.75) is 13.8 Å². The van der Waals surface area contributed by atoms with Crippen LogP contribution in [0.1, 0.15) is 23.1 Å². The van der Waals surface area contributed by atoms with Crippen LogP contribution in [0, 0.1) is 6.92 Å². The average molecular weight is 281 g/mol. The Hall–Kier alpha value is -2.01. The number of aromatic nitrogens is 2. The van der Waals surface area contributed by atoms with Gasteiger partial charge in [-0.25, -0.2) is 4.98 Å². The number of nitrogens with zero attached hydrogens (tertiary/aromatic N) is 2. The van der Waals surface area contributed by atoms with Gasteiger partial charge in [-0.2, -0.15) is 4.73 Å². The summed E-state index contributed by atoms with van der Waals surface area (Å²) in [5.74, 6) is 0.501. The Labute approximate surface area is 115 Å². The van der Waals surface area contributed by atoms with Gasteiger partial charge in [-0.3, -0.25) is 4.79 Å². The van der Waals surface area contributed by atoms with E-state index in [0.717, 1.165) is 4.73 Å². The highest BCUT2D eigenvalue weighted by Gasteiger charge is 2.19. The van der Waals surface area contributed by atoms with Gasteiger partial charge in [0.25, 0.3) is 0 Å². The lowest BCUT2D eigenvalue weighted by Gasteiger charge is -2.06. The van der Waals surface area contributed by atoms with E-state index in [-0.39, 0.29) is 17.3 Å². The molecule has 1 aromatic heterocycles. The summed E-state index contributed by atoms with van der Waals surface area (Å²) in [6.07, 6.45) is 0. The molecule has 5 nitrogen and oxygen atoms in total. The maximum atomic E-state index is 11.4. The first-order valence-corrected chi connectivity index (χ1v) is 5.97. The fraction of sp³-hybridized carbons (Fsp3) is 0.231. The van der Waals surface area contributed by atoms with Crippen LogP contribution in [0.4, 0.5) is 0 Å². The van der Waals surface area contributed by atoms with Gasteiger partial charge in [-0.1, -0.05) is 11.6 Å². The van der Waals surface area contributed by atoms with Crippen molar-refractivity contribution in [1.82, 2.24) is 9.71 Å². The van der Waals surface area contributed by atoms with Crippen molar-refractivity contribution in [2.75, 3.05) is 7.11 Å². The van der Waals surface area contributed by atoms with Crippen LogP contribution in [0.15, 0.2) is 18.2 Å². The van der Waals surface area contributed by atoms with E-state index < -0.39 is 0 Å². The molecule has 0 aliphatic heterocycles. The Bertz CT molecular complexity index is 650. The minimum atomic E-state index is -0.250. The third kappa shape index (κ3) is 2.29. The van der Waals surface area contributed by atoms with Gasteiger partial charge in [-0.05, 0) is 25.1 Å². The van der Waals surface area contributed by atoms with Crippen LogP contribution in [-0.2, 0) is 0 Å². The van der Waals surface area contributed by atoms with Gasteiger partial charge in [0.1, 0.15) is 11.4 Å². The molecule has 0 atom stereocenters. The predicted octanol–water partition coefficient (Wildman–Crippen LogP) is 2.96. The zero-order valence-electron chi connectivity index (χ0n) is 10.8. The van der Waals surface area contributed by atoms with E-state index in [1.807, 2.05) is 0 Å². The minimum Gasteiger partial charge on any atom is -0.495 e. The van der Waals surface area contributed by atoms with E-state index in [2.05, 4.69) is 4.98 Å². The van der Waals surface area contributed by atoms with Crippen LogP contribution in [0.25, 0.3) is 11.4 Å². The molecule has 1 heterocycles. The topological polar surface area (TPSA) is 64.3 Å². The second-order valence-corrected chi connectivity index (χ2v) is 4.49. The van der Waals surface area contributed by atoms with Gasteiger partial charge in [-0.15, -0.1) is 0 Å². The van der Waals surface area contributed by atoms with E-state index in [1.165, 1.54) is 14.0 Å². The number of ether oxygens (including phenoxy) is 1. The maximum absolute atomic E-state index is 11.4. The molecule has 1 N–H and O–H groups in total. The molecule has 100 valence electrons. The number of halogens is 1. The normalized spacial score (nSPS) is 10.5. The smallest absolute Gasteiger partial charge is 0.181 e. The standard InChI is InChI=1S/C13H13ClN2O3/c1-7-12(8(2)17)16(18)13(15-7)9-4-5-10(14)11(6-9)19-3/h4-6,18H,1-3H3. The molecular weight excluding hydrogens is 268 g/mol. The Morgan fingerprint density at radius 2 is 2.16 bits per heavy atom. The van der Waals surface area contributed by atoms with E-state index in [9.17, 15) is 10.0 Å². The van der Waals surface area contributed by atoms with Gasteiger partial charge >= 0.3 is 0 Å². The first kappa shape index (κ1) is 13.4. The van der Waals surface area contributed by atoms with Crippen molar-refractivity contribution in [3.05, 3.63) is 34.6 Å². The summed E-state index contributed by atoms with van der Waals surface area (Å²) in [7, 11) is 1.50. The highest BCUT2D eigenvalue weighted by molar-refractivity contribution is 6.32. The number of Topliss-reactive ketones (excluding diaryl/α,β-unsaturated/α-hetero) is 1. The van der Waals surface area contributed by atoms with Crippen molar-refractivity contribution in [3.8, 4) is 17.1 Å². The molecule has 0 spiro atoms. The summed E-state index contributed by atoms with van der Waals surface area (Å²) >= 11 is 5.94. The van der Waals surface area contributed by atoms with Crippen LogP contribution in [0.3, 0.4) is 0 Å². The van der Waals surface area contributed by atoms with Crippen LogP contribution >= 0.6 is 11.6 Å². The molecular formula is C13H13ClN2O3. The summed E-state index contributed by atoms with van der Waals surface area (Å²) in [6.45, 7) is 3.04. The number of imidazole rings is 1. The number of methoxy groups -OCH3 is 1. The predicted molar refractivity (Wildman–Crippen MR) is 71.2 cm³/mol. The summed E-state index contributed by atoms with van der Waals surface area (Å²) in [5.41, 5.74) is 1.25. The number of benzene rings is 1. The summed E-state index contributed by atoms with van der Waals surface area (Å²) in [4.78, 5) is 15.6. The van der Waals surface area contributed by atoms with Gasteiger partial charge in [0, 0.05) is 12.5 Å². The third-order valence-corrected chi connectivity index (χ3v) is 3.08. The molecule has 2 rings (SSSR count). The number of carbonyl (C=O) groups excluding carboxylic acids is 1. The van der Waals surface area contributed by atoms with Crippen molar-refractivity contribution < 1.29 is 14.7 Å². The fourth-order valence-corrected chi connectivity index (χ4v) is 2.10. The lowest BCUT2D eigenvalue weighted by Crippen LogP contribution is -2.05. The number of hydrogen-bond acceptors (Lipinski definition) is 4. The average Bonchev–Trinajstić information content (AvgIpc) is 2.65. The summed E-state index contributed by atoms with van der Waals surface area (Å²) < 4.78 is 5.91.